The third-order valence-electron chi connectivity index (χ3n) is 4.86. The summed E-state index contributed by atoms with van der Waals surface area (Å²) in [5, 5.41) is 3.86. The lowest BCUT2D eigenvalue weighted by Gasteiger charge is -2.17. The number of amides is 2. The van der Waals surface area contributed by atoms with Crippen molar-refractivity contribution in [3.63, 3.8) is 0 Å². The molecule has 2 heterocycles. The Hall–Kier alpha value is -3.41. The number of carbonyl (C=O) groups excluding carboxylic acids is 2. The Balaban J connectivity index is 1.59. The standard InChI is InChI=1S/C21H18N2O4/c1-12-3-6-16(9-13(12)2)23-19(24)11-17(21(23)26)22-15-5-7-18-14(10-15)4-8-20(25)27-18/h3-10,17,22H,11H2,1-2H3. The minimum Gasteiger partial charge on any atom is -0.423 e. The zero-order chi connectivity index (χ0) is 19.1. The molecule has 0 saturated carbocycles. The number of hydrogen-bond acceptors (Lipinski definition) is 5. The number of fused-ring (bicyclic) bond motifs is 1. The number of aryl methyl sites for hydroxylation is 2. The van der Waals surface area contributed by atoms with Crippen LogP contribution in [0.1, 0.15) is 17.5 Å². The molecule has 27 heavy (non-hydrogen) atoms. The molecule has 1 aliphatic heterocycles. The van der Waals surface area contributed by atoms with Crippen LogP contribution in [0.2, 0.25) is 0 Å². The molecule has 1 atom stereocenters. The predicted molar refractivity (Wildman–Crippen MR) is 103 cm³/mol. The van der Waals surface area contributed by atoms with Gasteiger partial charge in [0.1, 0.15) is 11.6 Å². The van der Waals surface area contributed by atoms with Gasteiger partial charge in [0.25, 0.3) is 5.91 Å². The molecule has 1 N–H and O–H groups in total. The molecule has 1 unspecified atom stereocenters. The topological polar surface area (TPSA) is 79.6 Å². The minimum atomic E-state index is -0.632. The van der Waals surface area contributed by atoms with E-state index >= 15 is 0 Å². The van der Waals surface area contributed by atoms with Gasteiger partial charge in [0.15, 0.2) is 0 Å². The first kappa shape index (κ1) is 17.0. The van der Waals surface area contributed by atoms with Gasteiger partial charge in [-0.2, -0.15) is 0 Å². The van der Waals surface area contributed by atoms with Crippen molar-refractivity contribution in [3.8, 4) is 0 Å². The van der Waals surface area contributed by atoms with E-state index in [1.54, 1.807) is 30.3 Å². The Kier molecular flexibility index (Phi) is 4.03. The van der Waals surface area contributed by atoms with Crippen molar-refractivity contribution in [1.82, 2.24) is 0 Å². The van der Waals surface area contributed by atoms with E-state index < -0.39 is 11.7 Å². The zero-order valence-corrected chi connectivity index (χ0v) is 15.0. The molecule has 1 fully saturated rings. The summed E-state index contributed by atoms with van der Waals surface area (Å²) in [6.07, 6.45) is 0.0909. The van der Waals surface area contributed by atoms with Gasteiger partial charge in [0, 0.05) is 17.1 Å². The lowest BCUT2D eigenvalue weighted by atomic mass is 10.1. The van der Waals surface area contributed by atoms with Gasteiger partial charge >= 0.3 is 5.63 Å². The van der Waals surface area contributed by atoms with Crippen LogP contribution in [0.15, 0.2) is 57.7 Å². The normalized spacial score (nSPS) is 17.0. The van der Waals surface area contributed by atoms with E-state index in [4.69, 9.17) is 4.42 Å². The van der Waals surface area contributed by atoms with Gasteiger partial charge in [-0.15, -0.1) is 0 Å². The van der Waals surface area contributed by atoms with Crippen LogP contribution in [0.4, 0.5) is 11.4 Å². The highest BCUT2D eigenvalue weighted by Crippen LogP contribution is 2.27. The number of anilines is 2. The van der Waals surface area contributed by atoms with Crippen LogP contribution >= 0.6 is 0 Å². The van der Waals surface area contributed by atoms with E-state index in [-0.39, 0.29) is 18.2 Å². The molecule has 136 valence electrons. The molecule has 4 rings (SSSR count). The van der Waals surface area contributed by atoms with Crippen LogP contribution in [0.25, 0.3) is 11.0 Å². The van der Waals surface area contributed by atoms with Crippen LogP contribution in [0.3, 0.4) is 0 Å². The quantitative estimate of drug-likeness (QED) is 0.572. The van der Waals surface area contributed by atoms with Gasteiger partial charge in [-0.3, -0.25) is 9.59 Å². The van der Waals surface area contributed by atoms with Gasteiger partial charge in [-0.1, -0.05) is 6.07 Å². The molecule has 1 saturated heterocycles. The van der Waals surface area contributed by atoms with E-state index in [0.717, 1.165) is 16.5 Å². The largest absolute Gasteiger partial charge is 0.423 e. The molecule has 6 nitrogen and oxygen atoms in total. The summed E-state index contributed by atoms with van der Waals surface area (Å²) in [4.78, 5) is 37.8. The lowest BCUT2D eigenvalue weighted by molar-refractivity contribution is -0.121. The maximum atomic E-state index is 12.8. The van der Waals surface area contributed by atoms with E-state index in [9.17, 15) is 14.4 Å². The first-order valence-corrected chi connectivity index (χ1v) is 8.67. The van der Waals surface area contributed by atoms with E-state index in [1.165, 1.54) is 11.0 Å². The lowest BCUT2D eigenvalue weighted by Crippen LogP contribution is -2.34. The Morgan fingerprint density at radius 3 is 2.56 bits per heavy atom. The van der Waals surface area contributed by atoms with Crippen molar-refractivity contribution in [2.75, 3.05) is 10.2 Å². The maximum absolute atomic E-state index is 12.8. The van der Waals surface area contributed by atoms with E-state index in [2.05, 4.69) is 5.32 Å². The second-order valence-electron chi connectivity index (χ2n) is 6.74. The number of rotatable bonds is 3. The van der Waals surface area contributed by atoms with Gasteiger partial charge in [-0.05, 0) is 61.4 Å². The average molecular weight is 362 g/mol. The Labute approximate surface area is 155 Å². The summed E-state index contributed by atoms with van der Waals surface area (Å²) in [6.45, 7) is 3.94. The van der Waals surface area contributed by atoms with Gasteiger partial charge < -0.3 is 9.73 Å². The Bertz CT molecular complexity index is 1130. The average Bonchev–Trinajstić information content (AvgIpc) is 2.91. The van der Waals surface area contributed by atoms with Crippen molar-refractivity contribution in [2.45, 2.75) is 26.3 Å². The van der Waals surface area contributed by atoms with Crippen molar-refractivity contribution in [1.29, 1.82) is 0 Å². The molecule has 2 amide bonds. The molecule has 0 radical (unpaired) electrons. The summed E-state index contributed by atoms with van der Waals surface area (Å²) in [5.41, 5.74) is 3.47. The number of imide groups is 1. The summed E-state index contributed by atoms with van der Waals surface area (Å²) < 4.78 is 5.11. The van der Waals surface area contributed by atoms with Crippen molar-refractivity contribution in [2.24, 2.45) is 0 Å². The summed E-state index contributed by atoms with van der Waals surface area (Å²) >= 11 is 0. The molecule has 2 aromatic carbocycles. The first-order chi connectivity index (χ1) is 12.9. The van der Waals surface area contributed by atoms with Crippen molar-refractivity contribution in [3.05, 3.63) is 70.1 Å². The molecule has 1 aromatic heterocycles. The van der Waals surface area contributed by atoms with Gasteiger partial charge in [0.05, 0.1) is 12.1 Å². The van der Waals surface area contributed by atoms with Crippen LogP contribution < -0.4 is 15.8 Å². The second-order valence-corrected chi connectivity index (χ2v) is 6.74. The maximum Gasteiger partial charge on any atom is 0.336 e. The fraction of sp³-hybridized carbons (Fsp3) is 0.190. The zero-order valence-electron chi connectivity index (χ0n) is 15.0. The third kappa shape index (κ3) is 3.10. The fourth-order valence-corrected chi connectivity index (χ4v) is 3.24. The highest BCUT2D eigenvalue weighted by molar-refractivity contribution is 6.23. The summed E-state index contributed by atoms with van der Waals surface area (Å²) in [7, 11) is 0. The van der Waals surface area contributed by atoms with Crippen LogP contribution in [-0.4, -0.2) is 17.9 Å². The predicted octanol–water partition coefficient (Wildman–Crippen LogP) is 3.15. The number of nitrogens with zero attached hydrogens (tertiary/aromatic N) is 1. The third-order valence-corrected chi connectivity index (χ3v) is 4.86. The number of hydrogen-bond donors (Lipinski definition) is 1. The summed E-state index contributed by atoms with van der Waals surface area (Å²) in [5.74, 6) is -0.504. The van der Waals surface area contributed by atoms with Crippen LogP contribution in [-0.2, 0) is 9.59 Å². The van der Waals surface area contributed by atoms with Gasteiger partial charge in [0.2, 0.25) is 5.91 Å². The monoisotopic (exact) mass is 362 g/mol. The highest BCUT2D eigenvalue weighted by atomic mass is 16.4. The molecule has 6 heteroatoms. The SMILES string of the molecule is Cc1ccc(N2C(=O)CC(Nc3ccc4oc(=O)ccc4c3)C2=O)cc1C. The molecular formula is C21H18N2O4. The molecule has 1 aliphatic rings. The molecule has 0 aliphatic carbocycles. The van der Waals surface area contributed by atoms with Crippen LogP contribution in [0, 0.1) is 13.8 Å². The van der Waals surface area contributed by atoms with Gasteiger partial charge in [-0.25, -0.2) is 9.69 Å². The Morgan fingerprint density at radius 1 is 0.963 bits per heavy atom. The first-order valence-electron chi connectivity index (χ1n) is 8.67. The molecule has 0 bridgehead atoms. The van der Waals surface area contributed by atoms with Crippen LogP contribution in [0.5, 0.6) is 0 Å². The van der Waals surface area contributed by atoms with Crippen molar-refractivity contribution >= 4 is 34.2 Å². The Morgan fingerprint density at radius 2 is 1.78 bits per heavy atom. The molecule has 0 spiro atoms. The minimum absolute atomic E-state index is 0.0909. The molecular weight excluding hydrogens is 344 g/mol. The van der Waals surface area contributed by atoms with E-state index in [0.29, 0.717) is 17.0 Å². The number of benzene rings is 2. The number of nitrogens with one attached hydrogen (secondary N) is 1. The van der Waals surface area contributed by atoms with E-state index in [1.807, 2.05) is 26.0 Å². The van der Waals surface area contributed by atoms with Crippen molar-refractivity contribution < 1.29 is 14.0 Å². The molecule has 3 aromatic rings. The number of carbonyl (C=O) groups is 2. The highest BCUT2D eigenvalue weighted by Gasteiger charge is 2.39. The second kappa shape index (κ2) is 6.39. The smallest absolute Gasteiger partial charge is 0.336 e. The summed E-state index contributed by atoms with van der Waals surface area (Å²) in [6, 6.07) is 13.1. The fourth-order valence-electron chi connectivity index (χ4n) is 3.24.